The van der Waals surface area contributed by atoms with E-state index in [1.165, 1.54) is 19.1 Å². The number of nitro benzene ring substituents is 1. The van der Waals surface area contributed by atoms with Crippen LogP contribution in [0.4, 0.5) is 18.9 Å². The third-order valence-electron chi connectivity index (χ3n) is 2.17. The van der Waals surface area contributed by atoms with Gasteiger partial charge in [-0.3, -0.25) is 14.9 Å². The third kappa shape index (κ3) is 5.04. The molecule has 0 bridgehead atoms. The predicted molar refractivity (Wildman–Crippen MR) is 70.3 cm³/mol. The summed E-state index contributed by atoms with van der Waals surface area (Å²) >= 11 is 0.989. The molecule has 1 aromatic rings. The molecule has 0 saturated carbocycles. The highest BCUT2D eigenvalue weighted by molar-refractivity contribution is 8.13. The lowest BCUT2D eigenvalue weighted by Gasteiger charge is -2.07. The van der Waals surface area contributed by atoms with Crippen LogP contribution in [0.2, 0.25) is 0 Å². The second-order valence-electron chi connectivity index (χ2n) is 3.77. The lowest BCUT2D eigenvalue weighted by Crippen LogP contribution is -2.06. The molecule has 4 nitrogen and oxygen atoms in total. The molecule has 0 fully saturated rings. The fraction of sp³-hybridized carbons (Fsp3) is 0.250. The molecule has 0 amide bonds. The van der Waals surface area contributed by atoms with Crippen LogP contribution in [0.3, 0.4) is 0 Å². The van der Waals surface area contributed by atoms with Crippen molar-refractivity contribution in [3.05, 3.63) is 45.5 Å². The zero-order chi connectivity index (χ0) is 15.3. The first kappa shape index (κ1) is 16.2. The summed E-state index contributed by atoms with van der Waals surface area (Å²) in [5.41, 5.74) is -1.64. The molecule has 8 heteroatoms. The maximum atomic E-state index is 12.6. The van der Waals surface area contributed by atoms with E-state index in [2.05, 4.69) is 0 Å². The van der Waals surface area contributed by atoms with E-state index in [1.54, 1.807) is 0 Å². The van der Waals surface area contributed by atoms with Crippen LogP contribution < -0.4 is 0 Å². The molecule has 0 aromatic heterocycles. The zero-order valence-electron chi connectivity index (χ0n) is 10.3. The van der Waals surface area contributed by atoms with E-state index in [0.717, 1.165) is 23.9 Å². The number of halogens is 3. The average Bonchev–Trinajstić information content (AvgIpc) is 2.33. The van der Waals surface area contributed by atoms with E-state index in [0.29, 0.717) is 11.8 Å². The van der Waals surface area contributed by atoms with E-state index in [1.807, 2.05) is 0 Å². The van der Waals surface area contributed by atoms with Gasteiger partial charge in [-0.1, -0.05) is 23.9 Å². The zero-order valence-corrected chi connectivity index (χ0v) is 11.1. The second kappa shape index (κ2) is 6.56. The molecule has 0 aliphatic heterocycles. The number of rotatable bonds is 4. The monoisotopic (exact) mass is 305 g/mol. The Balaban J connectivity index is 3.04. The molecule has 0 aliphatic rings. The smallest absolute Gasteiger partial charge is 0.288 e. The Morgan fingerprint density at radius 1 is 1.40 bits per heavy atom. The number of non-ortho nitro benzene ring substituents is 1. The summed E-state index contributed by atoms with van der Waals surface area (Å²) in [6, 6.07) is 2.35. The van der Waals surface area contributed by atoms with Gasteiger partial charge in [0.1, 0.15) is 0 Å². The molecular weight excluding hydrogens is 295 g/mol. The van der Waals surface area contributed by atoms with E-state index in [-0.39, 0.29) is 10.7 Å². The lowest BCUT2D eigenvalue weighted by atomic mass is 10.1. The van der Waals surface area contributed by atoms with Crippen LogP contribution in [0.5, 0.6) is 0 Å². The summed E-state index contributed by atoms with van der Waals surface area (Å²) in [4.78, 5) is 20.4. The Labute approximate surface area is 116 Å². The molecule has 108 valence electrons. The first-order valence-corrected chi connectivity index (χ1v) is 6.35. The molecule has 1 aromatic carbocycles. The van der Waals surface area contributed by atoms with Gasteiger partial charge in [0.25, 0.3) is 5.69 Å². The van der Waals surface area contributed by atoms with E-state index in [4.69, 9.17) is 0 Å². The molecule has 0 spiro atoms. The van der Waals surface area contributed by atoms with Crippen molar-refractivity contribution in [1.29, 1.82) is 0 Å². The normalized spacial score (nSPS) is 11.8. The summed E-state index contributed by atoms with van der Waals surface area (Å²) in [7, 11) is 0. The Hall–Kier alpha value is -1.83. The van der Waals surface area contributed by atoms with E-state index in [9.17, 15) is 28.1 Å². The van der Waals surface area contributed by atoms with Crippen LogP contribution in [0, 0.1) is 10.1 Å². The van der Waals surface area contributed by atoms with Crippen molar-refractivity contribution in [2.45, 2.75) is 13.1 Å². The Morgan fingerprint density at radius 3 is 2.55 bits per heavy atom. The van der Waals surface area contributed by atoms with Crippen molar-refractivity contribution in [3.63, 3.8) is 0 Å². The van der Waals surface area contributed by atoms with Crippen molar-refractivity contribution < 1.29 is 22.9 Å². The number of thioether (sulfide) groups is 1. The number of carbonyl (C=O) groups is 1. The molecular formula is C12H10F3NO3S. The maximum absolute atomic E-state index is 12.6. The van der Waals surface area contributed by atoms with Crippen LogP contribution in [0.1, 0.15) is 18.1 Å². The topological polar surface area (TPSA) is 60.2 Å². The van der Waals surface area contributed by atoms with Gasteiger partial charge in [0.2, 0.25) is 0 Å². The standard InChI is InChI=1S/C12H10F3NO3S/c1-8(17)20-4-2-3-9-5-10(12(13,14)15)7-11(6-9)16(18)19/h2-3,5-7H,4H2,1H3. The van der Waals surface area contributed by atoms with Gasteiger partial charge in [0, 0.05) is 24.8 Å². The Bertz CT molecular complexity index is 555. The lowest BCUT2D eigenvalue weighted by molar-refractivity contribution is -0.385. The molecule has 0 aliphatic carbocycles. The average molecular weight is 305 g/mol. The number of benzene rings is 1. The van der Waals surface area contributed by atoms with Gasteiger partial charge in [0.05, 0.1) is 10.5 Å². The molecule has 20 heavy (non-hydrogen) atoms. The van der Waals surface area contributed by atoms with Gasteiger partial charge in [-0.25, -0.2) is 0 Å². The molecule has 0 N–H and O–H groups in total. The quantitative estimate of drug-likeness (QED) is 0.625. The number of hydrogen-bond donors (Lipinski definition) is 0. The Morgan fingerprint density at radius 2 is 2.05 bits per heavy atom. The first-order valence-electron chi connectivity index (χ1n) is 5.36. The van der Waals surface area contributed by atoms with Crippen molar-refractivity contribution in [2.24, 2.45) is 0 Å². The van der Waals surface area contributed by atoms with Crippen LogP contribution in [0.25, 0.3) is 6.08 Å². The summed E-state index contributed by atoms with van der Waals surface area (Å²) in [6.07, 6.45) is -1.85. The molecule has 0 heterocycles. The van der Waals surface area contributed by atoms with Gasteiger partial charge >= 0.3 is 6.18 Å². The predicted octanol–water partition coefficient (Wildman–Crippen LogP) is 3.91. The molecule has 0 saturated heterocycles. The third-order valence-corrected chi connectivity index (χ3v) is 2.94. The van der Waals surface area contributed by atoms with Gasteiger partial charge in [-0.05, 0) is 11.6 Å². The van der Waals surface area contributed by atoms with Crippen molar-refractivity contribution in [1.82, 2.24) is 0 Å². The van der Waals surface area contributed by atoms with E-state index >= 15 is 0 Å². The van der Waals surface area contributed by atoms with Crippen molar-refractivity contribution in [3.8, 4) is 0 Å². The van der Waals surface area contributed by atoms with Gasteiger partial charge < -0.3 is 0 Å². The van der Waals surface area contributed by atoms with Crippen molar-refractivity contribution >= 4 is 28.6 Å². The van der Waals surface area contributed by atoms with Gasteiger partial charge in [-0.15, -0.1) is 0 Å². The number of carbonyl (C=O) groups excluding carboxylic acids is 1. The van der Waals surface area contributed by atoms with Crippen LogP contribution >= 0.6 is 11.8 Å². The van der Waals surface area contributed by atoms with Crippen LogP contribution in [-0.4, -0.2) is 15.8 Å². The SMILES string of the molecule is CC(=O)SCC=Cc1cc([N+](=O)[O-])cc(C(F)(F)F)c1. The minimum absolute atomic E-state index is 0.0654. The molecule has 1 rings (SSSR count). The number of hydrogen-bond acceptors (Lipinski definition) is 4. The summed E-state index contributed by atoms with van der Waals surface area (Å²) < 4.78 is 37.8. The maximum Gasteiger partial charge on any atom is 0.416 e. The molecule has 0 unspecified atom stereocenters. The summed E-state index contributed by atoms with van der Waals surface area (Å²) in [6.45, 7) is 1.37. The van der Waals surface area contributed by atoms with E-state index < -0.39 is 22.4 Å². The molecule has 0 radical (unpaired) electrons. The highest BCUT2D eigenvalue weighted by atomic mass is 32.2. The second-order valence-corrected chi connectivity index (χ2v) is 4.97. The summed E-state index contributed by atoms with van der Waals surface area (Å²) in [5.74, 6) is 0.291. The number of alkyl halides is 3. The minimum atomic E-state index is -4.65. The highest BCUT2D eigenvalue weighted by Crippen LogP contribution is 2.32. The molecule has 0 atom stereocenters. The van der Waals surface area contributed by atoms with Crippen LogP contribution in [0.15, 0.2) is 24.3 Å². The number of nitro groups is 1. The van der Waals surface area contributed by atoms with Crippen molar-refractivity contribution in [2.75, 3.05) is 5.75 Å². The summed E-state index contributed by atoms with van der Waals surface area (Å²) in [5, 5.41) is 10.5. The van der Waals surface area contributed by atoms with Gasteiger partial charge in [-0.2, -0.15) is 13.2 Å². The Kier molecular flexibility index (Phi) is 5.32. The fourth-order valence-electron chi connectivity index (χ4n) is 1.35. The highest BCUT2D eigenvalue weighted by Gasteiger charge is 2.32. The minimum Gasteiger partial charge on any atom is -0.288 e. The first-order chi connectivity index (χ1) is 9.20. The van der Waals surface area contributed by atoms with Crippen LogP contribution in [-0.2, 0) is 11.0 Å². The van der Waals surface area contributed by atoms with Gasteiger partial charge in [0.15, 0.2) is 5.12 Å². The fourth-order valence-corrected chi connectivity index (χ4v) is 1.78. The largest absolute Gasteiger partial charge is 0.416 e. The number of nitrogens with zero attached hydrogens (tertiary/aromatic N) is 1.